The zero-order valence-corrected chi connectivity index (χ0v) is 9.85. The number of nitrogens with one attached hydrogen (secondary N) is 1. The van der Waals surface area contributed by atoms with Crippen LogP contribution in [0.4, 0.5) is 27.6 Å². The van der Waals surface area contributed by atoms with Gasteiger partial charge in [-0.3, -0.25) is 0 Å². The first-order valence-electron chi connectivity index (χ1n) is 5.00. The zero-order valence-electron chi connectivity index (χ0n) is 9.85. The lowest BCUT2D eigenvalue weighted by Crippen LogP contribution is -2.55. The molecule has 0 radical (unpaired) electrons. The highest BCUT2D eigenvalue weighted by molar-refractivity contribution is 5.83. The molecular weight excluding hydrogens is 287 g/mol. The number of carboxylic acids is 1. The van der Waals surface area contributed by atoms with E-state index >= 15 is 0 Å². The van der Waals surface area contributed by atoms with E-state index in [-0.39, 0.29) is 6.92 Å². The van der Waals surface area contributed by atoms with Crippen LogP contribution in [0.25, 0.3) is 0 Å². The minimum absolute atomic E-state index is 0.229. The summed E-state index contributed by atoms with van der Waals surface area (Å²) in [6.07, 6.45) is -5.30. The van der Waals surface area contributed by atoms with E-state index in [1.54, 1.807) is 0 Å². The maximum absolute atomic E-state index is 13.5. The van der Waals surface area contributed by atoms with E-state index < -0.39 is 40.6 Å². The highest BCUT2D eigenvalue weighted by Gasteiger charge is 2.58. The zero-order chi connectivity index (χ0) is 15.7. The first-order valence-corrected chi connectivity index (χ1v) is 5.00. The largest absolute Gasteiger partial charge is 0.479 e. The molecule has 0 aliphatic heterocycles. The Morgan fingerprint density at radius 3 is 2.05 bits per heavy atom. The Bertz CT molecular complexity index is 570. The molecule has 0 aliphatic carbocycles. The van der Waals surface area contributed by atoms with Crippen LogP contribution in [0.2, 0.25) is 0 Å². The van der Waals surface area contributed by atoms with Crippen LogP contribution >= 0.6 is 0 Å². The second-order valence-electron chi connectivity index (χ2n) is 3.98. The fourth-order valence-electron chi connectivity index (χ4n) is 1.25. The molecule has 2 N–H and O–H groups in total. The number of aliphatic carboxylic acids is 1. The number of halogens is 5. The van der Waals surface area contributed by atoms with Gasteiger partial charge in [0.2, 0.25) is 5.54 Å². The van der Waals surface area contributed by atoms with Crippen LogP contribution < -0.4 is 5.32 Å². The molecule has 9 heteroatoms. The number of rotatable bonds is 3. The van der Waals surface area contributed by atoms with Crippen molar-refractivity contribution in [3.8, 4) is 6.07 Å². The summed E-state index contributed by atoms with van der Waals surface area (Å²) < 4.78 is 65.1. The Kier molecular flexibility index (Phi) is 3.89. The first kappa shape index (κ1) is 15.7. The fourth-order valence-corrected chi connectivity index (χ4v) is 1.25. The molecule has 20 heavy (non-hydrogen) atoms. The van der Waals surface area contributed by atoms with Gasteiger partial charge in [-0.2, -0.15) is 18.4 Å². The predicted octanol–water partition coefficient (Wildman–Crippen LogP) is 2.65. The van der Waals surface area contributed by atoms with Crippen LogP contribution in [0, 0.1) is 23.0 Å². The van der Waals surface area contributed by atoms with Crippen LogP contribution in [0.1, 0.15) is 12.5 Å². The van der Waals surface area contributed by atoms with E-state index in [0.717, 1.165) is 0 Å². The lowest BCUT2D eigenvalue weighted by Gasteiger charge is -2.29. The Morgan fingerprint density at radius 1 is 1.30 bits per heavy atom. The third-order valence-corrected chi connectivity index (χ3v) is 2.54. The quantitative estimate of drug-likeness (QED) is 0.841. The third-order valence-electron chi connectivity index (χ3n) is 2.54. The summed E-state index contributed by atoms with van der Waals surface area (Å²) in [5.41, 5.74) is -5.30. The summed E-state index contributed by atoms with van der Waals surface area (Å²) in [7, 11) is 0. The van der Waals surface area contributed by atoms with Gasteiger partial charge < -0.3 is 10.4 Å². The SMILES string of the molecule is CC(Nc1c(F)cc(C#N)cc1F)(C(=O)O)C(F)(F)F. The first-order chi connectivity index (χ1) is 9.02. The number of nitriles is 1. The number of carbonyl (C=O) groups is 1. The van der Waals surface area contributed by atoms with Crippen LogP contribution in [0.15, 0.2) is 12.1 Å². The molecule has 1 unspecified atom stereocenters. The number of nitrogens with zero attached hydrogens (tertiary/aromatic N) is 1. The second kappa shape index (κ2) is 4.96. The molecule has 0 saturated carbocycles. The summed E-state index contributed by atoms with van der Waals surface area (Å²) >= 11 is 0. The highest BCUT2D eigenvalue weighted by atomic mass is 19.4. The molecule has 1 aromatic rings. The van der Waals surface area contributed by atoms with Crippen LogP contribution in [-0.2, 0) is 4.79 Å². The molecule has 4 nitrogen and oxygen atoms in total. The van der Waals surface area contributed by atoms with Crippen molar-refractivity contribution < 1.29 is 31.9 Å². The van der Waals surface area contributed by atoms with Crippen molar-refractivity contribution in [2.45, 2.75) is 18.6 Å². The van der Waals surface area contributed by atoms with Crippen LogP contribution in [-0.4, -0.2) is 22.8 Å². The molecule has 0 saturated heterocycles. The summed E-state index contributed by atoms with van der Waals surface area (Å²) in [5, 5.41) is 18.4. The Balaban J connectivity index is 3.35. The highest BCUT2D eigenvalue weighted by Crippen LogP contribution is 2.35. The summed E-state index contributed by atoms with van der Waals surface area (Å²) in [4.78, 5) is 10.7. The predicted molar refractivity (Wildman–Crippen MR) is 56.8 cm³/mol. The minimum Gasteiger partial charge on any atom is -0.479 e. The summed E-state index contributed by atoms with van der Waals surface area (Å²) in [6.45, 7) is 0.229. The number of hydrogen-bond donors (Lipinski definition) is 2. The Hall–Kier alpha value is -2.37. The number of hydrogen-bond acceptors (Lipinski definition) is 3. The van der Waals surface area contributed by atoms with E-state index in [1.165, 1.54) is 11.4 Å². The van der Waals surface area contributed by atoms with Crippen molar-refractivity contribution >= 4 is 11.7 Å². The van der Waals surface area contributed by atoms with E-state index in [0.29, 0.717) is 12.1 Å². The molecule has 108 valence electrons. The lowest BCUT2D eigenvalue weighted by atomic mass is 10.0. The number of carboxylic acid groups (broad SMARTS) is 1. The fraction of sp³-hybridized carbons (Fsp3) is 0.273. The van der Waals surface area contributed by atoms with Gasteiger partial charge >= 0.3 is 12.1 Å². The average molecular weight is 294 g/mol. The Morgan fingerprint density at radius 2 is 1.75 bits per heavy atom. The second-order valence-corrected chi connectivity index (χ2v) is 3.98. The van der Waals surface area contributed by atoms with Crippen molar-refractivity contribution in [2.24, 2.45) is 0 Å². The van der Waals surface area contributed by atoms with Gasteiger partial charge in [-0.1, -0.05) is 0 Å². The molecule has 1 aromatic carbocycles. The third kappa shape index (κ3) is 2.64. The number of anilines is 1. The molecule has 0 fully saturated rings. The maximum Gasteiger partial charge on any atom is 0.422 e. The number of benzene rings is 1. The Labute approximate surface area is 109 Å². The van der Waals surface area contributed by atoms with Gasteiger partial charge in [0.25, 0.3) is 0 Å². The maximum atomic E-state index is 13.5. The standard InChI is InChI=1S/C11H7F5N2O2/c1-10(9(19)20,11(14,15)16)18-8-6(12)2-5(4-17)3-7(8)13/h2-3,18H,1H3,(H,19,20). The van der Waals surface area contributed by atoms with Gasteiger partial charge in [-0.25, -0.2) is 13.6 Å². The van der Waals surface area contributed by atoms with Crippen LogP contribution in [0.3, 0.4) is 0 Å². The minimum atomic E-state index is -5.30. The normalized spacial score (nSPS) is 14.2. The average Bonchev–Trinajstić information content (AvgIpc) is 2.31. The van der Waals surface area contributed by atoms with E-state index in [9.17, 15) is 26.7 Å². The lowest BCUT2D eigenvalue weighted by molar-refractivity contribution is -0.192. The van der Waals surface area contributed by atoms with Crippen molar-refractivity contribution in [3.05, 3.63) is 29.3 Å². The van der Waals surface area contributed by atoms with Gasteiger partial charge in [0.15, 0.2) is 11.6 Å². The molecule has 0 heterocycles. The van der Waals surface area contributed by atoms with Crippen molar-refractivity contribution in [1.29, 1.82) is 5.26 Å². The van der Waals surface area contributed by atoms with Gasteiger partial charge in [-0.15, -0.1) is 0 Å². The molecule has 1 atom stereocenters. The smallest absolute Gasteiger partial charge is 0.422 e. The van der Waals surface area contributed by atoms with E-state index in [1.807, 2.05) is 0 Å². The van der Waals surface area contributed by atoms with Crippen molar-refractivity contribution in [2.75, 3.05) is 5.32 Å². The van der Waals surface area contributed by atoms with Crippen LogP contribution in [0.5, 0.6) is 0 Å². The molecular formula is C11H7F5N2O2. The molecule has 0 aliphatic rings. The van der Waals surface area contributed by atoms with E-state index in [2.05, 4.69) is 0 Å². The van der Waals surface area contributed by atoms with E-state index in [4.69, 9.17) is 10.4 Å². The van der Waals surface area contributed by atoms with Gasteiger partial charge in [0.05, 0.1) is 11.6 Å². The molecule has 0 amide bonds. The molecule has 0 bridgehead atoms. The van der Waals surface area contributed by atoms with Gasteiger partial charge in [0, 0.05) is 0 Å². The topological polar surface area (TPSA) is 73.1 Å². The van der Waals surface area contributed by atoms with Gasteiger partial charge in [-0.05, 0) is 19.1 Å². The van der Waals surface area contributed by atoms with Gasteiger partial charge in [0.1, 0.15) is 5.69 Å². The molecule has 0 spiro atoms. The summed E-state index contributed by atoms with van der Waals surface area (Å²) in [5.74, 6) is -5.36. The monoisotopic (exact) mass is 294 g/mol. The molecule has 1 rings (SSSR count). The van der Waals surface area contributed by atoms with Crippen molar-refractivity contribution in [3.63, 3.8) is 0 Å². The van der Waals surface area contributed by atoms with Crippen molar-refractivity contribution in [1.82, 2.24) is 0 Å². The summed E-state index contributed by atoms with van der Waals surface area (Å²) in [6, 6.07) is 2.39. The molecule has 0 aromatic heterocycles. The number of alkyl halides is 3.